The Labute approximate surface area is 98.8 Å². The topological polar surface area (TPSA) is 56.2 Å². The van der Waals surface area contributed by atoms with E-state index in [9.17, 15) is 0 Å². The summed E-state index contributed by atoms with van der Waals surface area (Å²) in [7, 11) is 0. The molecule has 3 aromatic rings. The highest BCUT2D eigenvalue weighted by Gasteiger charge is 2.05. The van der Waals surface area contributed by atoms with Gasteiger partial charge < -0.3 is 5.73 Å². The average molecular weight is 224 g/mol. The van der Waals surface area contributed by atoms with Gasteiger partial charge in [-0.25, -0.2) is 4.98 Å². The van der Waals surface area contributed by atoms with Crippen molar-refractivity contribution in [1.29, 1.82) is 0 Å². The van der Waals surface area contributed by atoms with Crippen LogP contribution in [0, 0.1) is 0 Å². The first-order valence-electron chi connectivity index (χ1n) is 5.45. The number of aromatic nitrogens is 3. The van der Waals surface area contributed by atoms with Gasteiger partial charge >= 0.3 is 0 Å². The van der Waals surface area contributed by atoms with Crippen molar-refractivity contribution in [2.75, 3.05) is 0 Å². The van der Waals surface area contributed by atoms with E-state index < -0.39 is 0 Å². The summed E-state index contributed by atoms with van der Waals surface area (Å²) >= 11 is 0. The van der Waals surface area contributed by atoms with Crippen molar-refractivity contribution in [2.24, 2.45) is 5.73 Å². The molecule has 0 bridgehead atoms. The van der Waals surface area contributed by atoms with Gasteiger partial charge in [-0.1, -0.05) is 0 Å². The van der Waals surface area contributed by atoms with Crippen molar-refractivity contribution < 1.29 is 0 Å². The van der Waals surface area contributed by atoms with Crippen molar-refractivity contribution in [1.82, 2.24) is 14.4 Å². The predicted molar refractivity (Wildman–Crippen MR) is 66.3 cm³/mol. The molecule has 17 heavy (non-hydrogen) atoms. The third-order valence-electron chi connectivity index (χ3n) is 2.77. The van der Waals surface area contributed by atoms with Crippen LogP contribution < -0.4 is 5.73 Å². The van der Waals surface area contributed by atoms with Crippen molar-refractivity contribution in [2.45, 2.75) is 6.54 Å². The Bertz CT molecular complexity index is 643. The number of hydrogen-bond donors (Lipinski definition) is 1. The van der Waals surface area contributed by atoms with Gasteiger partial charge in [0, 0.05) is 30.7 Å². The number of nitrogens with two attached hydrogens (primary N) is 1. The van der Waals surface area contributed by atoms with E-state index in [-0.39, 0.29) is 0 Å². The third kappa shape index (κ3) is 1.68. The molecule has 0 spiro atoms. The van der Waals surface area contributed by atoms with Gasteiger partial charge in [-0.05, 0) is 29.8 Å². The van der Waals surface area contributed by atoms with Crippen molar-refractivity contribution in [3.8, 4) is 11.4 Å². The molecule has 0 aliphatic heterocycles. The van der Waals surface area contributed by atoms with E-state index in [0.717, 1.165) is 22.5 Å². The molecule has 3 heterocycles. The maximum atomic E-state index is 5.62. The van der Waals surface area contributed by atoms with Crippen molar-refractivity contribution in [3.05, 3.63) is 54.6 Å². The van der Waals surface area contributed by atoms with Crippen molar-refractivity contribution >= 4 is 5.52 Å². The molecule has 4 nitrogen and oxygen atoms in total. The van der Waals surface area contributed by atoms with E-state index in [0.29, 0.717) is 6.54 Å². The molecule has 0 aliphatic rings. The molecule has 2 N–H and O–H groups in total. The Balaban J connectivity index is 2.19. The monoisotopic (exact) mass is 224 g/mol. The van der Waals surface area contributed by atoms with E-state index >= 15 is 0 Å². The fourth-order valence-electron chi connectivity index (χ4n) is 1.89. The minimum absolute atomic E-state index is 0.548. The molecular formula is C13H12N4. The summed E-state index contributed by atoms with van der Waals surface area (Å²) in [6.45, 7) is 0.548. The van der Waals surface area contributed by atoms with E-state index in [1.54, 1.807) is 12.4 Å². The van der Waals surface area contributed by atoms with Crippen molar-refractivity contribution in [3.63, 3.8) is 0 Å². The predicted octanol–water partition coefficient (Wildman–Crippen LogP) is 1.85. The summed E-state index contributed by atoms with van der Waals surface area (Å²) < 4.78 is 2.05. The summed E-state index contributed by atoms with van der Waals surface area (Å²) in [6.07, 6.45) is 7.39. The fourth-order valence-corrected chi connectivity index (χ4v) is 1.89. The van der Waals surface area contributed by atoms with Gasteiger partial charge in [0.15, 0.2) is 0 Å². The van der Waals surface area contributed by atoms with Crippen LogP contribution in [0.2, 0.25) is 0 Å². The van der Waals surface area contributed by atoms with E-state index in [4.69, 9.17) is 5.73 Å². The first-order chi connectivity index (χ1) is 8.38. The first-order valence-corrected chi connectivity index (χ1v) is 5.45. The lowest BCUT2D eigenvalue weighted by atomic mass is 10.2. The minimum Gasteiger partial charge on any atom is -0.326 e. The van der Waals surface area contributed by atoms with Crippen LogP contribution in [0.5, 0.6) is 0 Å². The highest BCUT2D eigenvalue weighted by molar-refractivity contribution is 5.62. The number of hydrogen-bond acceptors (Lipinski definition) is 3. The molecule has 0 unspecified atom stereocenters. The van der Waals surface area contributed by atoms with Gasteiger partial charge in [-0.15, -0.1) is 0 Å². The zero-order chi connectivity index (χ0) is 11.7. The Morgan fingerprint density at radius 3 is 2.76 bits per heavy atom. The summed E-state index contributed by atoms with van der Waals surface area (Å²) in [5, 5.41) is 0. The second-order valence-electron chi connectivity index (χ2n) is 3.85. The number of fused-ring (bicyclic) bond motifs is 1. The van der Waals surface area contributed by atoms with E-state index in [2.05, 4.69) is 20.4 Å². The van der Waals surface area contributed by atoms with Crippen LogP contribution in [0.15, 0.2) is 49.1 Å². The highest BCUT2D eigenvalue weighted by atomic mass is 15.0. The van der Waals surface area contributed by atoms with Crippen LogP contribution in [0.4, 0.5) is 0 Å². The summed E-state index contributed by atoms with van der Waals surface area (Å²) in [5.74, 6) is 0.922. The van der Waals surface area contributed by atoms with Crippen LogP contribution in [-0.2, 0) is 6.54 Å². The first kappa shape index (κ1) is 9.99. The fraction of sp³-hybridized carbons (Fsp3) is 0.0769. The lowest BCUT2D eigenvalue weighted by Crippen LogP contribution is -1.97. The van der Waals surface area contributed by atoms with Crippen LogP contribution in [-0.4, -0.2) is 14.4 Å². The molecule has 0 aliphatic carbocycles. The van der Waals surface area contributed by atoms with Crippen LogP contribution in [0.1, 0.15) is 5.56 Å². The molecule has 0 saturated heterocycles. The largest absolute Gasteiger partial charge is 0.326 e. The zero-order valence-electron chi connectivity index (χ0n) is 9.24. The third-order valence-corrected chi connectivity index (χ3v) is 2.77. The Kier molecular flexibility index (Phi) is 2.34. The highest BCUT2D eigenvalue weighted by Crippen LogP contribution is 2.19. The quantitative estimate of drug-likeness (QED) is 0.722. The van der Waals surface area contributed by atoms with Crippen LogP contribution in [0.25, 0.3) is 16.9 Å². The molecule has 0 radical (unpaired) electrons. The van der Waals surface area contributed by atoms with Crippen LogP contribution in [0.3, 0.4) is 0 Å². The number of rotatable bonds is 2. The molecule has 0 atom stereocenters. The Morgan fingerprint density at radius 1 is 1.18 bits per heavy atom. The van der Waals surface area contributed by atoms with Gasteiger partial charge in [0.25, 0.3) is 0 Å². The second-order valence-corrected chi connectivity index (χ2v) is 3.85. The zero-order valence-corrected chi connectivity index (χ0v) is 9.24. The molecule has 3 aromatic heterocycles. The minimum atomic E-state index is 0.548. The second kappa shape index (κ2) is 3.99. The summed E-state index contributed by atoms with van der Waals surface area (Å²) in [5.41, 5.74) is 8.84. The van der Waals surface area contributed by atoms with Gasteiger partial charge in [0.05, 0.1) is 11.7 Å². The Morgan fingerprint density at radius 2 is 2.00 bits per heavy atom. The molecule has 3 rings (SSSR count). The smallest absolute Gasteiger partial charge is 0.144 e. The van der Waals surface area contributed by atoms with Gasteiger partial charge in [-0.2, -0.15) is 0 Å². The molecule has 0 aromatic carbocycles. The molecule has 4 heteroatoms. The van der Waals surface area contributed by atoms with E-state index in [1.165, 1.54) is 0 Å². The lowest BCUT2D eigenvalue weighted by Gasteiger charge is -2.02. The normalized spacial score (nSPS) is 10.9. The molecule has 0 fully saturated rings. The number of nitrogens with zero attached hydrogens (tertiary/aromatic N) is 3. The molecular weight excluding hydrogens is 212 g/mol. The molecule has 0 saturated carbocycles. The van der Waals surface area contributed by atoms with Gasteiger partial charge in [0.2, 0.25) is 0 Å². The lowest BCUT2D eigenvalue weighted by molar-refractivity contribution is 1.05. The maximum absolute atomic E-state index is 5.62. The molecule has 84 valence electrons. The summed E-state index contributed by atoms with van der Waals surface area (Å²) in [4.78, 5) is 8.44. The standard InChI is InChI=1S/C13H12N4/c14-8-10-3-6-17-12(7-10)9-16-13(17)11-1-4-15-5-2-11/h1-7,9H,8,14H2. The van der Waals surface area contributed by atoms with Gasteiger partial charge in [0.1, 0.15) is 5.82 Å². The van der Waals surface area contributed by atoms with Gasteiger partial charge in [-0.3, -0.25) is 9.38 Å². The summed E-state index contributed by atoms with van der Waals surface area (Å²) in [6, 6.07) is 7.97. The Hall–Kier alpha value is -2.20. The average Bonchev–Trinajstić information content (AvgIpc) is 2.82. The van der Waals surface area contributed by atoms with Crippen LogP contribution >= 0.6 is 0 Å². The maximum Gasteiger partial charge on any atom is 0.144 e. The van der Waals surface area contributed by atoms with E-state index in [1.807, 2.05) is 30.6 Å². The molecule has 0 amide bonds. The number of pyridine rings is 2. The number of imidazole rings is 1. The SMILES string of the molecule is NCc1ccn2c(-c3ccncc3)ncc2c1.